The van der Waals surface area contributed by atoms with E-state index in [-0.39, 0.29) is 11.9 Å². The Labute approximate surface area is 198 Å². The van der Waals surface area contributed by atoms with E-state index in [1.807, 2.05) is 82.4 Å². The van der Waals surface area contributed by atoms with Gasteiger partial charge in [0.25, 0.3) is 5.91 Å². The summed E-state index contributed by atoms with van der Waals surface area (Å²) in [6.45, 7) is 1.07. The number of ether oxygens (including phenoxy) is 3. The van der Waals surface area contributed by atoms with Crippen molar-refractivity contribution < 1.29 is 19.0 Å². The summed E-state index contributed by atoms with van der Waals surface area (Å²) >= 11 is 0. The molecule has 7 nitrogen and oxygen atoms in total. The van der Waals surface area contributed by atoms with Crippen molar-refractivity contribution in [2.75, 3.05) is 20.8 Å². The second-order valence-corrected chi connectivity index (χ2v) is 8.28. The summed E-state index contributed by atoms with van der Waals surface area (Å²) in [7, 11) is 3.27. The van der Waals surface area contributed by atoms with Crippen LogP contribution in [0.15, 0.2) is 73.1 Å². The van der Waals surface area contributed by atoms with Gasteiger partial charge in [0.05, 0.1) is 26.0 Å². The van der Waals surface area contributed by atoms with Crippen LogP contribution in [0.5, 0.6) is 17.2 Å². The number of fused-ring (bicyclic) bond motifs is 1. The summed E-state index contributed by atoms with van der Waals surface area (Å²) in [4.78, 5) is 19.8. The van der Waals surface area contributed by atoms with Gasteiger partial charge < -0.3 is 23.5 Å². The van der Waals surface area contributed by atoms with E-state index >= 15 is 0 Å². The van der Waals surface area contributed by atoms with E-state index in [1.165, 1.54) is 0 Å². The van der Waals surface area contributed by atoms with E-state index in [0.29, 0.717) is 24.5 Å². The molecule has 34 heavy (non-hydrogen) atoms. The van der Waals surface area contributed by atoms with E-state index < -0.39 is 0 Å². The maximum Gasteiger partial charge on any atom is 0.254 e. The Balaban J connectivity index is 1.27. The van der Waals surface area contributed by atoms with Crippen LogP contribution in [0.1, 0.15) is 40.5 Å². The minimum Gasteiger partial charge on any atom is -0.497 e. The van der Waals surface area contributed by atoms with Crippen LogP contribution in [-0.2, 0) is 6.61 Å². The lowest BCUT2D eigenvalue weighted by Crippen LogP contribution is -2.30. The second-order valence-electron chi connectivity index (χ2n) is 8.28. The molecular formula is C27H27N3O4. The third-order valence-corrected chi connectivity index (χ3v) is 6.22. The van der Waals surface area contributed by atoms with Crippen molar-refractivity contribution in [2.24, 2.45) is 0 Å². The summed E-state index contributed by atoms with van der Waals surface area (Å²) in [6, 6.07) is 18.9. The Morgan fingerprint density at radius 2 is 1.85 bits per heavy atom. The van der Waals surface area contributed by atoms with Crippen LogP contribution in [-0.4, -0.2) is 41.0 Å². The molecule has 0 N–H and O–H groups in total. The number of amides is 1. The minimum atomic E-state index is -0.0284. The van der Waals surface area contributed by atoms with Crippen LogP contribution in [0.25, 0.3) is 5.65 Å². The number of nitrogens with zero attached hydrogens (tertiary/aromatic N) is 3. The quantitative estimate of drug-likeness (QED) is 0.395. The average Bonchev–Trinajstić information content (AvgIpc) is 3.54. The number of methoxy groups -OCH3 is 2. The van der Waals surface area contributed by atoms with Gasteiger partial charge in [-0.3, -0.25) is 4.79 Å². The highest BCUT2D eigenvalue weighted by Crippen LogP contribution is 2.39. The number of benzene rings is 2. The highest BCUT2D eigenvalue weighted by atomic mass is 16.5. The van der Waals surface area contributed by atoms with Crippen molar-refractivity contribution in [3.8, 4) is 17.2 Å². The number of aromatic nitrogens is 2. The molecule has 0 bridgehead atoms. The van der Waals surface area contributed by atoms with Crippen LogP contribution in [0.3, 0.4) is 0 Å². The zero-order valence-electron chi connectivity index (χ0n) is 19.3. The highest BCUT2D eigenvalue weighted by molar-refractivity contribution is 5.94. The van der Waals surface area contributed by atoms with Gasteiger partial charge in [-0.15, -0.1) is 0 Å². The Morgan fingerprint density at radius 3 is 2.62 bits per heavy atom. The van der Waals surface area contributed by atoms with E-state index in [4.69, 9.17) is 14.2 Å². The summed E-state index contributed by atoms with van der Waals surface area (Å²) in [5, 5.41) is 0. The van der Waals surface area contributed by atoms with Crippen molar-refractivity contribution in [1.29, 1.82) is 0 Å². The molecule has 0 aliphatic carbocycles. The smallest absolute Gasteiger partial charge is 0.254 e. The molecule has 1 fully saturated rings. The third kappa shape index (κ3) is 4.29. The minimum absolute atomic E-state index is 0.00673. The Hall–Kier alpha value is -4.00. The molecule has 1 unspecified atom stereocenters. The topological polar surface area (TPSA) is 65.3 Å². The predicted octanol–water partition coefficient (Wildman–Crippen LogP) is 4.91. The maximum atomic E-state index is 13.4. The average molecular weight is 458 g/mol. The van der Waals surface area contributed by atoms with Crippen molar-refractivity contribution in [3.05, 3.63) is 89.9 Å². The fourth-order valence-electron chi connectivity index (χ4n) is 4.50. The van der Waals surface area contributed by atoms with Crippen molar-refractivity contribution >= 4 is 11.6 Å². The van der Waals surface area contributed by atoms with Gasteiger partial charge in [-0.25, -0.2) is 4.98 Å². The molecule has 1 atom stereocenters. The summed E-state index contributed by atoms with van der Waals surface area (Å²) in [6.07, 6.45) is 5.76. The number of carbonyl (C=O) groups excluding carboxylic acids is 1. The number of carbonyl (C=O) groups is 1. The Bertz CT molecular complexity index is 1270. The highest BCUT2D eigenvalue weighted by Gasteiger charge is 2.32. The Morgan fingerprint density at radius 1 is 1.03 bits per heavy atom. The first-order chi connectivity index (χ1) is 16.7. The fourth-order valence-corrected chi connectivity index (χ4v) is 4.50. The molecule has 1 saturated heterocycles. The second kappa shape index (κ2) is 9.47. The Kier molecular flexibility index (Phi) is 6.08. The molecule has 5 rings (SSSR count). The lowest BCUT2D eigenvalue weighted by atomic mass is 10.0. The van der Waals surface area contributed by atoms with E-state index in [2.05, 4.69) is 4.98 Å². The van der Waals surface area contributed by atoms with Crippen LogP contribution in [0, 0.1) is 0 Å². The van der Waals surface area contributed by atoms with Gasteiger partial charge in [-0.2, -0.15) is 0 Å². The van der Waals surface area contributed by atoms with Crippen LogP contribution in [0.4, 0.5) is 0 Å². The van der Waals surface area contributed by atoms with Gasteiger partial charge in [0.1, 0.15) is 29.5 Å². The number of likely N-dealkylation sites (tertiary alicyclic amines) is 1. The maximum absolute atomic E-state index is 13.4. The first kappa shape index (κ1) is 21.8. The largest absolute Gasteiger partial charge is 0.497 e. The lowest BCUT2D eigenvalue weighted by molar-refractivity contribution is 0.0734. The van der Waals surface area contributed by atoms with Gasteiger partial charge in [0.15, 0.2) is 0 Å². The van der Waals surface area contributed by atoms with Crippen LogP contribution < -0.4 is 14.2 Å². The van der Waals surface area contributed by atoms with Crippen molar-refractivity contribution in [1.82, 2.24) is 14.3 Å². The molecule has 0 radical (unpaired) electrons. The first-order valence-corrected chi connectivity index (χ1v) is 11.3. The van der Waals surface area contributed by atoms with E-state index in [1.54, 1.807) is 14.2 Å². The molecule has 0 spiro atoms. The molecule has 0 saturated carbocycles. The third-order valence-electron chi connectivity index (χ3n) is 6.22. The summed E-state index contributed by atoms with van der Waals surface area (Å²) in [5.41, 5.74) is 3.37. The summed E-state index contributed by atoms with van der Waals surface area (Å²) < 4.78 is 18.8. The molecule has 1 aliphatic heterocycles. The van der Waals surface area contributed by atoms with Gasteiger partial charge in [-0.05, 0) is 61.4 Å². The molecule has 174 valence electrons. The monoisotopic (exact) mass is 457 g/mol. The van der Waals surface area contributed by atoms with Crippen LogP contribution >= 0.6 is 0 Å². The summed E-state index contributed by atoms with van der Waals surface area (Å²) in [5.74, 6) is 2.17. The normalized spacial score (nSPS) is 15.5. The number of hydrogen-bond acceptors (Lipinski definition) is 5. The molecule has 4 aromatic rings. The molecule has 1 amide bonds. The number of imidazole rings is 1. The van der Waals surface area contributed by atoms with Crippen molar-refractivity contribution in [2.45, 2.75) is 25.5 Å². The van der Waals surface area contributed by atoms with Crippen molar-refractivity contribution in [3.63, 3.8) is 0 Å². The zero-order chi connectivity index (χ0) is 23.5. The first-order valence-electron chi connectivity index (χ1n) is 11.3. The van der Waals surface area contributed by atoms with Gasteiger partial charge in [0.2, 0.25) is 0 Å². The SMILES string of the molecule is COc1ccc(C2CCCN2C(=O)c2ccc(OCc3cn4ccccc4n3)cc2)c(OC)c1. The number of hydrogen-bond donors (Lipinski definition) is 0. The molecule has 3 heterocycles. The molecule has 2 aromatic carbocycles. The predicted molar refractivity (Wildman–Crippen MR) is 129 cm³/mol. The molecule has 1 aliphatic rings. The lowest BCUT2D eigenvalue weighted by Gasteiger charge is -2.26. The number of rotatable bonds is 7. The van der Waals surface area contributed by atoms with Crippen LogP contribution in [0.2, 0.25) is 0 Å². The van der Waals surface area contributed by atoms with Gasteiger partial charge in [-0.1, -0.05) is 6.07 Å². The van der Waals surface area contributed by atoms with Gasteiger partial charge >= 0.3 is 0 Å². The molecule has 2 aromatic heterocycles. The fraction of sp³-hybridized carbons (Fsp3) is 0.259. The molecule has 7 heteroatoms. The van der Waals surface area contributed by atoms with E-state index in [9.17, 15) is 4.79 Å². The standard InChI is InChI=1S/C27H27N3O4/c1-32-22-12-13-23(25(16-22)33-2)24-6-5-15-30(24)27(31)19-8-10-21(11-9-19)34-18-20-17-29-14-4-3-7-26(29)28-20/h3-4,7-14,16-17,24H,5-6,15,18H2,1-2H3. The number of pyridine rings is 1. The van der Waals surface area contributed by atoms with E-state index in [0.717, 1.165) is 41.2 Å². The zero-order valence-corrected chi connectivity index (χ0v) is 19.3. The molecular weight excluding hydrogens is 430 g/mol. The van der Waals surface area contributed by atoms with Gasteiger partial charge in [0, 0.05) is 36.1 Å².